The lowest BCUT2D eigenvalue weighted by molar-refractivity contribution is -0.115. The van der Waals surface area contributed by atoms with Gasteiger partial charge >= 0.3 is 0 Å². The molecular weight excluding hydrogens is 273 g/mol. The summed E-state index contributed by atoms with van der Waals surface area (Å²) in [6, 6.07) is 1.80. The minimum Gasteiger partial charge on any atom is -0.391 e. The summed E-state index contributed by atoms with van der Waals surface area (Å²) in [6.45, 7) is 0. The van der Waals surface area contributed by atoms with Gasteiger partial charge in [0.25, 0.3) is 11.7 Å². The van der Waals surface area contributed by atoms with E-state index in [9.17, 15) is 19.1 Å². The Kier molecular flexibility index (Phi) is 2.83. The van der Waals surface area contributed by atoms with Crippen LogP contribution in [-0.4, -0.2) is 28.9 Å². The normalized spacial score (nSPS) is 26.2. The first-order chi connectivity index (χ1) is 9.00. The lowest BCUT2D eigenvalue weighted by atomic mass is 10.1. The molecule has 1 amide bonds. The number of hydrogen-bond acceptors (Lipinski definition) is 3. The summed E-state index contributed by atoms with van der Waals surface area (Å²) in [5, 5.41) is 9.69. The van der Waals surface area contributed by atoms with Crippen molar-refractivity contribution in [1.82, 2.24) is 0 Å². The van der Waals surface area contributed by atoms with Gasteiger partial charge in [0.05, 0.1) is 28.4 Å². The van der Waals surface area contributed by atoms with E-state index in [0.29, 0.717) is 12.8 Å². The minimum atomic E-state index is -0.720. The fraction of sp³-hybridized carbons (Fsp3) is 0.385. The van der Waals surface area contributed by atoms with Crippen LogP contribution in [0.25, 0.3) is 0 Å². The molecule has 1 aliphatic heterocycles. The Morgan fingerprint density at radius 1 is 1.32 bits per heavy atom. The molecule has 1 aromatic rings. The number of carbonyl (C=O) groups excluding carboxylic acids is 2. The van der Waals surface area contributed by atoms with Crippen LogP contribution in [0.15, 0.2) is 12.1 Å². The molecule has 19 heavy (non-hydrogen) atoms. The van der Waals surface area contributed by atoms with Crippen molar-refractivity contribution in [3.63, 3.8) is 0 Å². The maximum atomic E-state index is 13.5. The van der Waals surface area contributed by atoms with Gasteiger partial charge in [-0.1, -0.05) is 11.6 Å². The SMILES string of the molecule is O=C1C(=O)N([C@H]2CCC[C@@H]2O)c2cc(F)c(Cl)cc21. The average Bonchev–Trinajstić information content (AvgIpc) is 2.87. The van der Waals surface area contributed by atoms with E-state index in [4.69, 9.17) is 11.6 Å². The van der Waals surface area contributed by atoms with E-state index in [0.717, 1.165) is 12.5 Å². The number of ketones is 1. The quantitative estimate of drug-likeness (QED) is 0.801. The van der Waals surface area contributed by atoms with Crippen LogP contribution in [0.1, 0.15) is 29.6 Å². The number of rotatable bonds is 1. The summed E-state index contributed by atoms with van der Waals surface area (Å²) in [5.74, 6) is -2.10. The van der Waals surface area contributed by atoms with Crippen LogP contribution >= 0.6 is 11.6 Å². The van der Waals surface area contributed by atoms with E-state index >= 15 is 0 Å². The third-order valence-electron chi connectivity index (χ3n) is 3.73. The zero-order valence-corrected chi connectivity index (χ0v) is 10.7. The zero-order valence-electron chi connectivity index (χ0n) is 9.90. The van der Waals surface area contributed by atoms with Crippen molar-refractivity contribution in [3.8, 4) is 0 Å². The number of Topliss-reactive ketones (excluding diaryl/α,β-unsaturated/α-hetero) is 1. The van der Waals surface area contributed by atoms with Gasteiger partial charge in [-0.25, -0.2) is 4.39 Å². The van der Waals surface area contributed by atoms with Gasteiger partial charge in [0.1, 0.15) is 5.82 Å². The lowest BCUT2D eigenvalue weighted by Gasteiger charge is -2.26. The second-order valence-electron chi connectivity index (χ2n) is 4.85. The molecule has 1 fully saturated rings. The summed E-state index contributed by atoms with van der Waals surface area (Å²) in [4.78, 5) is 25.1. The number of fused-ring (bicyclic) bond motifs is 1. The van der Waals surface area contributed by atoms with Crippen LogP contribution in [0.2, 0.25) is 5.02 Å². The summed E-state index contributed by atoms with van der Waals surface area (Å²) in [6.07, 6.45) is 1.27. The van der Waals surface area contributed by atoms with Gasteiger partial charge in [0.15, 0.2) is 0 Å². The molecule has 1 heterocycles. The summed E-state index contributed by atoms with van der Waals surface area (Å²) >= 11 is 5.63. The highest BCUT2D eigenvalue weighted by Gasteiger charge is 2.44. The highest BCUT2D eigenvalue weighted by Crippen LogP contribution is 2.38. The Bertz CT molecular complexity index is 589. The van der Waals surface area contributed by atoms with Crippen molar-refractivity contribution in [1.29, 1.82) is 0 Å². The number of halogens is 2. The molecule has 0 spiro atoms. The molecule has 100 valence electrons. The maximum Gasteiger partial charge on any atom is 0.299 e. The first-order valence-corrected chi connectivity index (χ1v) is 6.43. The van der Waals surface area contributed by atoms with Crippen LogP contribution in [0.3, 0.4) is 0 Å². The number of carbonyl (C=O) groups is 2. The number of anilines is 1. The molecule has 0 saturated heterocycles. The smallest absolute Gasteiger partial charge is 0.299 e. The number of amides is 1. The molecule has 0 unspecified atom stereocenters. The zero-order chi connectivity index (χ0) is 13.7. The van der Waals surface area contributed by atoms with Gasteiger partial charge in [0, 0.05) is 0 Å². The molecule has 2 aliphatic rings. The topological polar surface area (TPSA) is 57.6 Å². The van der Waals surface area contributed by atoms with Crippen LogP contribution in [0.4, 0.5) is 10.1 Å². The van der Waals surface area contributed by atoms with Gasteiger partial charge in [-0.2, -0.15) is 0 Å². The third kappa shape index (κ3) is 1.76. The molecule has 0 bridgehead atoms. The van der Waals surface area contributed by atoms with E-state index in [1.807, 2.05) is 0 Å². The summed E-state index contributed by atoms with van der Waals surface area (Å²) in [5.41, 5.74) is 0.318. The van der Waals surface area contributed by atoms with Crippen molar-refractivity contribution < 1.29 is 19.1 Å². The lowest BCUT2D eigenvalue weighted by Crippen LogP contribution is -2.43. The predicted molar refractivity (Wildman–Crippen MR) is 66.9 cm³/mol. The molecule has 1 N–H and O–H groups in total. The van der Waals surface area contributed by atoms with Crippen molar-refractivity contribution in [2.75, 3.05) is 4.90 Å². The highest BCUT2D eigenvalue weighted by atomic mass is 35.5. The molecule has 0 aromatic heterocycles. The van der Waals surface area contributed by atoms with E-state index < -0.39 is 29.7 Å². The van der Waals surface area contributed by atoms with E-state index in [2.05, 4.69) is 0 Å². The fourth-order valence-electron chi connectivity index (χ4n) is 2.80. The molecule has 4 nitrogen and oxygen atoms in total. The fourth-order valence-corrected chi connectivity index (χ4v) is 2.97. The monoisotopic (exact) mass is 283 g/mol. The first-order valence-electron chi connectivity index (χ1n) is 6.05. The Morgan fingerprint density at radius 3 is 2.68 bits per heavy atom. The van der Waals surface area contributed by atoms with Crippen LogP contribution in [-0.2, 0) is 4.79 Å². The second kappa shape index (κ2) is 4.28. The molecule has 1 aliphatic carbocycles. The molecule has 2 atom stereocenters. The van der Waals surface area contributed by atoms with Crippen molar-refractivity contribution >= 4 is 29.0 Å². The Hall–Kier alpha value is -1.46. The molecule has 6 heteroatoms. The Labute approximate surface area is 113 Å². The number of nitrogens with zero attached hydrogens (tertiary/aromatic N) is 1. The van der Waals surface area contributed by atoms with Crippen molar-refractivity contribution in [2.24, 2.45) is 0 Å². The van der Waals surface area contributed by atoms with Crippen LogP contribution in [0, 0.1) is 5.82 Å². The first kappa shape index (κ1) is 12.6. The number of hydrogen-bond donors (Lipinski definition) is 1. The summed E-state index contributed by atoms with van der Waals surface area (Å²) in [7, 11) is 0. The molecule has 3 rings (SSSR count). The highest BCUT2D eigenvalue weighted by molar-refractivity contribution is 6.52. The van der Waals surface area contributed by atoms with Gasteiger partial charge in [-0.05, 0) is 31.4 Å². The van der Waals surface area contributed by atoms with Gasteiger partial charge < -0.3 is 5.11 Å². The van der Waals surface area contributed by atoms with Gasteiger partial charge in [0.2, 0.25) is 0 Å². The van der Waals surface area contributed by atoms with Crippen LogP contribution < -0.4 is 4.90 Å². The summed E-state index contributed by atoms with van der Waals surface area (Å²) < 4.78 is 13.5. The minimum absolute atomic E-state index is 0.107. The van der Waals surface area contributed by atoms with E-state index in [1.165, 1.54) is 11.0 Å². The van der Waals surface area contributed by atoms with Gasteiger partial charge in [-0.3, -0.25) is 14.5 Å². The van der Waals surface area contributed by atoms with Crippen LogP contribution in [0.5, 0.6) is 0 Å². The largest absolute Gasteiger partial charge is 0.391 e. The van der Waals surface area contributed by atoms with Crippen molar-refractivity contribution in [2.45, 2.75) is 31.4 Å². The number of aliphatic hydroxyl groups is 1. The second-order valence-corrected chi connectivity index (χ2v) is 5.26. The standard InChI is InChI=1S/C13H11ClFNO3/c14-7-4-6-10(5-8(7)15)16(13(19)12(6)18)9-2-1-3-11(9)17/h4-5,9,11,17H,1-3H2/t9-,11-/m0/s1. The third-order valence-corrected chi connectivity index (χ3v) is 4.02. The maximum absolute atomic E-state index is 13.5. The molecule has 1 aromatic carbocycles. The number of aliphatic hydroxyl groups excluding tert-OH is 1. The van der Waals surface area contributed by atoms with Crippen molar-refractivity contribution in [3.05, 3.63) is 28.5 Å². The Morgan fingerprint density at radius 2 is 2.05 bits per heavy atom. The number of benzene rings is 1. The molecule has 1 saturated carbocycles. The van der Waals surface area contributed by atoms with E-state index in [-0.39, 0.29) is 16.3 Å². The Balaban J connectivity index is 2.11. The molecule has 0 radical (unpaired) electrons. The molecular formula is C13H11ClFNO3. The average molecular weight is 284 g/mol. The van der Waals surface area contributed by atoms with Gasteiger partial charge in [-0.15, -0.1) is 0 Å². The predicted octanol–water partition coefficient (Wildman–Crippen LogP) is 1.92. The van der Waals surface area contributed by atoms with E-state index in [1.54, 1.807) is 0 Å².